The fourth-order valence-electron chi connectivity index (χ4n) is 3.24. The van der Waals surface area contributed by atoms with E-state index in [4.69, 9.17) is 0 Å². The van der Waals surface area contributed by atoms with Gasteiger partial charge in [-0.2, -0.15) is 31.3 Å². The van der Waals surface area contributed by atoms with E-state index in [1.807, 2.05) is 0 Å². The lowest BCUT2D eigenvalue weighted by Crippen LogP contribution is -2.32. The van der Waals surface area contributed by atoms with Crippen molar-refractivity contribution in [2.24, 2.45) is 0 Å². The van der Waals surface area contributed by atoms with Crippen molar-refractivity contribution in [1.29, 1.82) is 0 Å². The number of anilines is 1. The summed E-state index contributed by atoms with van der Waals surface area (Å²) in [5.41, 5.74) is 0.117. The highest BCUT2D eigenvalue weighted by Crippen LogP contribution is 2.33. The standard InChI is InChI=1S/C23H15F6N5O2/c24-22(25,26)16-2-1-3-18(10-16)34(19(35)11-17-12-30-8-9-31-17)13-14-4-6-15(7-5-14)20-32-21(36-33-20)23(27,28)29/h1-10,12H,11,13H2. The van der Waals surface area contributed by atoms with E-state index in [-0.39, 0.29) is 30.0 Å². The molecule has 7 nitrogen and oxygen atoms in total. The Kier molecular flexibility index (Phi) is 6.73. The van der Waals surface area contributed by atoms with Gasteiger partial charge in [0.1, 0.15) is 0 Å². The Morgan fingerprint density at radius 2 is 1.69 bits per heavy atom. The van der Waals surface area contributed by atoms with Crippen molar-refractivity contribution >= 4 is 11.6 Å². The van der Waals surface area contributed by atoms with E-state index >= 15 is 0 Å². The number of amides is 1. The summed E-state index contributed by atoms with van der Waals surface area (Å²) in [5, 5.41) is 3.31. The fraction of sp³-hybridized carbons (Fsp3) is 0.174. The zero-order chi connectivity index (χ0) is 25.9. The van der Waals surface area contributed by atoms with Gasteiger partial charge in [-0.15, -0.1) is 0 Å². The Balaban J connectivity index is 1.61. The number of alkyl halides is 6. The van der Waals surface area contributed by atoms with Gasteiger partial charge in [-0.05, 0) is 23.8 Å². The number of carbonyl (C=O) groups is 1. The summed E-state index contributed by atoms with van der Waals surface area (Å²) in [6.07, 6.45) is -5.45. The summed E-state index contributed by atoms with van der Waals surface area (Å²) in [6, 6.07) is 10.1. The van der Waals surface area contributed by atoms with E-state index in [0.29, 0.717) is 11.3 Å². The van der Waals surface area contributed by atoms with Crippen LogP contribution in [0.3, 0.4) is 0 Å². The van der Waals surface area contributed by atoms with Gasteiger partial charge < -0.3 is 9.42 Å². The fourth-order valence-corrected chi connectivity index (χ4v) is 3.24. The van der Waals surface area contributed by atoms with Gasteiger partial charge in [-0.3, -0.25) is 14.8 Å². The lowest BCUT2D eigenvalue weighted by molar-refractivity contribution is -0.159. The van der Waals surface area contributed by atoms with E-state index in [1.54, 1.807) is 0 Å². The highest BCUT2D eigenvalue weighted by Gasteiger charge is 2.38. The average molecular weight is 507 g/mol. The van der Waals surface area contributed by atoms with Crippen LogP contribution in [0.15, 0.2) is 71.6 Å². The number of hydrogen-bond acceptors (Lipinski definition) is 6. The molecule has 4 aromatic rings. The Morgan fingerprint density at radius 3 is 2.31 bits per heavy atom. The van der Waals surface area contributed by atoms with Crippen molar-refractivity contribution < 1.29 is 35.7 Å². The van der Waals surface area contributed by atoms with Crippen LogP contribution in [-0.4, -0.2) is 26.0 Å². The molecular formula is C23H15F6N5O2. The van der Waals surface area contributed by atoms with E-state index in [9.17, 15) is 31.1 Å². The molecule has 2 aromatic carbocycles. The van der Waals surface area contributed by atoms with Crippen LogP contribution < -0.4 is 4.90 Å². The molecule has 36 heavy (non-hydrogen) atoms. The smallest absolute Gasteiger partial charge is 0.329 e. The molecule has 0 bridgehead atoms. The number of carbonyl (C=O) groups excluding carboxylic acids is 1. The maximum Gasteiger partial charge on any atom is 0.471 e. The van der Waals surface area contributed by atoms with Crippen LogP contribution in [0, 0.1) is 0 Å². The van der Waals surface area contributed by atoms with Crippen molar-refractivity contribution in [2.45, 2.75) is 25.3 Å². The molecule has 0 aliphatic heterocycles. The molecule has 0 fully saturated rings. The molecular weight excluding hydrogens is 492 g/mol. The summed E-state index contributed by atoms with van der Waals surface area (Å²) >= 11 is 0. The second-order valence-corrected chi connectivity index (χ2v) is 7.52. The van der Waals surface area contributed by atoms with Crippen LogP contribution in [0.2, 0.25) is 0 Å². The van der Waals surface area contributed by atoms with Crippen LogP contribution in [0.25, 0.3) is 11.4 Å². The number of hydrogen-bond donors (Lipinski definition) is 0. The minimum atomic E-state index is -4.79. The lowest BCUT2D eigenvalue weighted by Gasteiger charge is -2.24. The molecule has 13 heteroatoms. The molecule has 4 rings (SSSR count). The molecule has 2 aromatic heterocycles. The highest BCUT2D eigenvalue weighted by molar-refractivity contribution is 5.94. The second-order valence-electron chi connectivity index (χ2n) is 7.52. The Hall–Kier alpha value is -4.29. The predicted molar refractivity (Wildman–Crippen MR) is 113 cm³/mol. The zero-order valence-corrected chi connectivity index (χ0v) is 18.1. The number of aromatic nitrogens is 4. The lowest BCUT2D eigenvalue weighted by atomic mass is 10.1. The largest absolute Gasteiger partial charge is 0.471 e. The quantitative estimate of drug-likeness (QED) is 0.328. The monoisotopic (exact) mass is 507 g/mol. The number of halogens is 6. The Bertz CT molecular complexity index is 1340. The van der Waals surface area contributed by atoms with E-state index in [0.717, 1.165) is 17.0 Å². The normalized spacial score (nSPS) is 11.9. The molecule has 0 saturated carbocycles. The van der Waals surface area contributed by atoms with Gasteiger partial charge in [0.2, 0.25) is 11.7 Å². The number of nitrogens with zero attached hydrogens (tertiary/aromatic N) is 5. The van der Waals surface area contributed by atoms with Gasteiger partial charge in [0.15, 0.2) is 0 Å². The molecule has 186 valence electrons. The van der Waals surface area contributed by atoms with Crippen molar-refractivity contribution in [3.8, 4) is 11.4 Å². The summed E-state index contributed by atoms with van der Waals surface area (Å²) < 4.78 is 82.2. The van der Waals surface area contributed by atoms with Crippen LogP contribution in [0.1, 0.15) is 22.7 Å². The van der Waals surface area contributed by atoms with Gasteiger partial charge in [0.25, 0.3) is 0 Å². The summed E-state index contributed by atoms with van der Waals surface area (Å²) in [4.78, 5) is 25.5. The first kappa shape index (κ1) is 24.8. The van der Waals surface area contributed by atoms with E-state index in [2.05, 4.69) is 24.6 Å². The molecule has 0 N–H and O–H groups in total. The molecule has 2 heterocycles. The summed E-state index contributed by atoms with van der Waals surface area (Å²) in [5.74, 6) is -2.32. The van der Waals surface area contributed by atoms with Crippen LogP contribution in [0.4, 0.5) is 32.0 Å². The summed E-state index contributed by atoms with van der Waals surface area (Å²) in [7, 11) is 0. The Morgan fingerprint density at radius 1 is 0.944 bits per heavy atom. The first-order chi connectivity index (χ1) is 17.0. The predicted octanol–water partition coefficient (Wildman–Crippen LogP) is 5.34. The molecule has 0 radical (unpaired) electrons. The second kappa shape index (κ2) is 9.76. The topological polar surface area (TPSA) is 85.0 Å². The minimum Gasteiger partial charge on any atom is -0.329 e. The van der Waals surface area contributed by atoms with Gasteiger partial charge in [-0.25, -0.2) is 0 Å². The number of rotatable bonds is 6. The van der Waals surface area contributed by atoms with Gasteiger partial charge >= 0.3 is 18.2 Å². The maximum atomic E-state index is 13.3. The first-order valence-corrected chi connectivity index (χ1v) is 10.2. The molecule has 0 saturated heterocycles. The van der Waals surface area contributed by atoms with Crippen molar-refractivity contribution in [3.63, 3.8) is 0 Å². The van der Waals surface area contributed by atoms with Crippen molar-refractivity contribution in [1.82, 2.24) is 20.1 Å². The van der Waals surface area contributed by atoms with Crippen molar-refractivity contribution in [2.75, 3.05) is 4.90 Å². The molecule has 0 atom stereocenters. The van der Waals surface area contributed by atoms with Crippen LogP contribution in [-0.2, 0) is 30.1 Å². The molecule has 0 unspecified atom stereocenters. The highest BCUT2D eigenvalue weighted by atomic mass is 19.4. The SMILES string of the molecule is O=C(Cc1cnccn1)N(Cc1ccc(-c2noc(C(F)(F)F)n2)cc1)c1cccc(C(F)(F)F)c1. The zero-order valence-electron chi connectivity index (χ0n) is 18.1. The van der Waals surface area contributed by atoms with Crippen LogP contribution >= 0.6 is 0 Å². The molecule has 0 spiro atoms. The molecule has 0 aliphatic rings. The molecule has 0 aliphatic carbocycles. The maximum absolute atomic E-state index is 13.3. The number of benzene rings is 2. The minimum absolute atomic E-state index is 0.00998. The third-order valence-corrected chi connectivity index (χ3v) is 4.96. The van der Waals surface area contributed by atoms with Gasteiger partial charge in [0.05, 0.1) is 24.2 Å². The molecule has 1 amide bonds. The van der Waals surface area contributed by atoms with E-state index < -0.39 is 29.7 Å². The van der Waals surface area contributed by atoms with Gasteiger partial charge in [-0.1, -0.05) is 35.5 Å². The van der Waals surface area contributed by atoms with Crippen molar-refractivity contribution in [3.05, 3.63) is 89.8 Å². The first-order valence-electron chi connectivity index (χ1n) is 10.2. The van der Waals surface area contributed by atoms with Gasteiger partial charge in [0, 0.05) is 29.8 Å². The third-order valence-electron chi connectivity index (χ3n) is 4.96. The average Bonchev–Trinajstić information content (AvgIpc) is 3.34. The van der Waals surface area contributed by atoms with Crippen LogP contribution in [0.5, 0.6) is 0 Å². The van der Waals surface area contributed by atoms with E-state index in [1.165, 1.54) is 55.0 Å². The summed E-state index contributed by atoms with van der Waals surface area (Å²) in [6.45, 7) is -0.124. The Labute approximate surface area is 199 Å². The third kappa shape index (κ3) is 5.85.